The summed E-state index contributed by atoms with van der Waals surface area (Å²) in [5, 5.41) is 9.03. The van der Waals surface area contributed by atoms with Crippen molar-refractivity contribution in [2.24, 2.45) is 0 Å². The minimum Gasteiger partial charge on any atom is -0.444 e. The van der Waals surface area contributed by atoms with Gasteiger partial charge in [-0.15, -0.1) is 23.5 Å². The van der Waals surface area contributed by atoms with Crippen molar-refractivity contribution in [3.05, 3.63) is 35.9 Å². The van der Waals surface area contributed by atoms with E-state index in [0.717, 1.165) is 5.56 Å². The summed E-state index contributed by atoms with van der Waals surface area (Å²) in [4.78, 5) is 29.3. The number of carbonyl (C=O) groups excluding carboxylic acids is 2. The molecule has 0 N–H and O–H groups in total. The van der Waals surface area contributed by atoms with Gasteiger partial charge in [0.15, 0.2) is 0 Å². The Morgan fingerprint density at radius 3 is 2.56 bits per heavy atom. The van der Waals surface area contributed by atoms with Gasteiger partial charge in [-0.05, 0) is 26.3 Å². The maximum absolute atomic E-state index is 13.2. The van der Waals surface area contributed by atoms with Crippen molar-refractivity contribution in [1.82, 2.24) is 9.80 Å². The van der Waals surface area contributed by atoms with E-state index in [1.807, 2.05) is 51.1 Å². The third-order valence-corrected chi connectivity index (χ3v) is 6.62. The molecule has 1 aromatic rings. The zero-order valence-electron chi connectivity index (χ0n) is 15.6. The SMILES string of the molecule is CC(C)(C)OC(=O)N1C(c2ccccc2)SC[C@H]1C(=O)N1CSC[C@H]1C#N. The molecular weight excluding hydrogens is 382 g/mol. The van der Waals surface area contributed by atoms with E-state index < -0.39 is 23.8 Å². The van der Waals surface area contributed by atoms with Crippen LogP contribution in [0.1, 0.15) is 31.7 Å². The van der Waals surface area contributed by atoms with E-state index in [1.165, 1.54) is 0 Å². The molecule has 0 saturated carbocycles. The van der Waals surface area contributed by atoms with Crippen LogP contribution < -0.4 is 0 Å². The minimum absolute atomic E-state index is 0.177. The summed E-state index contributed by atoms with van der Waals surface area (Å²) in [5.41, 5.74) is 0.300. The fourth-order valence-electron chi connectivity index (χ4n) is 3.07. The van der Waals surface area contributed by atoms with E-state index in [4.69, 9.17) is 4.74 Å². The second-order valence-electron chi connectivity index (χ2n) is 7.45. The molecule has 0 spiro atoms. The van der Waals surface area contributed by atoms with Crippen molar-refractivity contribution in [1.29, 1.82) is 5.26 Å². The lowest BCUT2D eigenvalue weighted by atomic mass is 10.1. The first-order valence-corrected chi connectivity index (χ1v) is 11.0. The summed E-state index contributed by atoms with van der Waals surface area (Å²) >= 11 is 3.11. The van der Waals surface area contributed by atoms with Gasteiger partial charge in [-0.2, -0.15) is 5.26 Å². The van der Waals surface area contributed by atoms with Crippen LogP contribution in [0.15, 0.2) is 30.3 Å². The molecule has 2 amide bonds. The highest BCUT2D eigenvalue weighted by Crippen LogP contribution is 2.43. The Kier molecular flexibility index (Phi) is 5.92. The predicted molar refractivity (Wildman–Crippen MR) is 107 cm³/mol. The maximum atomic E-state index is 13.2. The number of thioether (sulfide) groups is 2. The zero-order valence-corrected chi connectivity index (χ0v) is 17.3. The summed E-state index contributed by atoms with van der Waals surface area (Å²) in [6.07, 6.45) is -0.500. The second-order valence-corrected chi connectivity index (χ2v) is 9.57. The normalized spacial score (nSPS) is 25.3. The molecule has 1 unspecified atom stereocenters. The van der Waals surface area contributed by atoms with Gasteiger partial charge in [0.25, 0.3) is 0 Å². The Bertz CT molecular complexity index is 745. The van der Waals surface area contributed by atoms with E-state index >= 15 is 0 Å². The van der Waals surface area contributed by atoms with Gasteiger partial charge >= 0.3 is 6.09 Å². The monoisotopic (exact) mass is 405 g/mol. The molecule has 2 aliphatic heterocycles. The Morgan fingerprint density at radius 2 is 1.93 bits per heavy atom. The number of nitrogens with zero attached hydrogens (tertiary/aromatic N) is 3. The van der Waals surface area contributed by atoms with E-state index in [9.17, 15) is 14.9 Å². The quantitative estimate of drug-likeness (QED) is 0.750. The molecule has 144 valence electrons. The highest BCUT2D eigenvalue weighted by atomic mass is 32.2. The van der Waals surface area contributed by atoms with Crippen LogP contribution in [0.3, 0.4) is 0 Å². The molecule has 1 aromatic carbocycles. The fourth-order valence-corrected chi connectivity index (χ4v) is 5.56. The van der Waals surface area contributed by atoms with Gasteiger partial charge in [-0.3, -0.25) is 9.69 Å². The van der Waals surface area contributed by atoms with Crippen molar-refractivity contribution in [3.8, 4) is 6.07 Å². The Morgan fingerprint density at radius 1 is 1.22 bits per heavy atom. The molecule has 27 heavy (non-hydrogen) atoms. The second kappa shape index (κ2) is 8.03. The summed E-state index contributed by atoms with van der Waals surface area (Å²) in [7, 11) is 0. The molecule has 3 atom stereocenters. The van der Waals surface area contributed by atoms with E-state index in [-0.39, 0.29) is 11.3 Å². The average molecular weight is 406 g/mol. The summed E-state index contributed by atoms with van der Waals surface area (Å²) in [5.74, 6) is 1.40. The maximum Gasteiger partial charge on any atom is 0.412 e. The van der Waals surface area contributed by atoms with Crippen LogP contribution in [0.2, 0.25) is 0 Å². The number of carbonyl (C=O) groups is 2. The highest BCUT2D eigenvalue weighted by molar-refractivity contribution is 8.00. The van der Waals surface area contributed by atoms with Crippen LogP contribution in [0.25, 0.3) is 0 Å². The number of rotatable bonds is 2. The average Bonchev–Trinajstić information content (AvgIpc) is 3.27. The van der Waals surface area contributed by atoms with Crippen LogP contribution in [0, 0.1) is 11.3 Å². The largest absolute Gasteiger partial charge is 0.444 e. The van der Waals surface area contributed by atoms with E-state index in [2.05, 4.69) is 6.07 Å². The third-order valence-electron chi connectivity index (χ3n) is 4.29. The van der Waals surface area contributed by atoms with Crippen LogP contribution in [-0.4, -0.2) is 56.9 Å². The number of hydrogen-bond donors (Lipinski definition) is 0. The first kappa shape index (κ1) is 19.9. The number of ether oxygens (including phenoxy) is 1. The fraction of sp³-hybridized carbons (Fsp3) is 0.526. The molecule has 6 nitrogen and oxygen atoms in total. The number of benzene rings is 1. The van der Waals surface area contributed by atoms with Gasteiger partial charge < -0.3 is 9.64 Å². The third kappa shape index (κ3) is 4.36. The van der Waals surface area contributed by atoms with Crippen LogP contribution >= 0.6 is 23.5 Å². The highest BCUT2D eigenvalue weighted by Gasteiger charge is 2.47. The lowest BCUT2D eigenvalue weighted by Gasteiger charge is -2.33. The van der Waals surface area contributed by atoms with Crippen molar-refractivity contribution >= 4 is 35.5 Å². The standard InChI is InChI=1S/C19H23N3O3S2/c1-19(2,3)25-18(24)22-15(16(23)21-12-26-10-14(21)9-20)11-27-17(22)13-7-5-4-6-8-13/h4-8,14-15,17H,10-12H2,1-3H3/t14-,15+,17?/m1/s1. The van der Waals surface area contributed by atoms with Crippen molar-refractivity contribution in [3.63, 3.8) is 0 Å². The minimum atomic E-state index is -0.655. The lowest BCUT2D eigenvalue weighted by molar-refractivity contribution is -0.135. The molecule has 3 rings (SSSR count). The molecule has 0 radical (unpaired) electrons. The molecular formula is C19H23N3O3S2. The number of amides is 2. The zero-order chi connectivity index (χ0) is 19.6. The van der Waals surface area contributed by atoms with Gasteiger partial charge in [0.05, 0.1) is 11.9 Å². The smallest absolute Gasteiger partial charge is 0.412 e. The Hall–Kier alpha value is -1.85. The van der Waals surface area contributed by atoms with Gasteiger partial charge in [-0.25, -0.2) is 4.79 Å². The predicted octanol–water partition coefficient (Wildman–Crippen LogP) is 3.46. The van der Waals surface area contributed by atoms with Crippen molar-refractivity contribution in [2.75, 3.05) is 17.4 Å². The van der Waals surface area contributed by atoms with Crippen molar-refractivity contribution in [2.45, 2.75) is 43.8 Å². The first-order chi connectivity index (χ1) is 12.8. The van der Waals surface area contributed by atoms with Gasteiger partial charge in [0.2, 0.25) is 5.91 Å². The number of hydrogen-bond acceptors (Lipinski definition) is 6. The van der Waals surface area contributed by atoms with Crippen LogP contribution in [0.4, 0.5) is 4.79 Å². The molecule has 2 aliphatic rings. The van der Waals surface area contributed by atoms with E-state index in [1.54, 1.807) is 33.3 Å². The molecule has 0 bridgehead atoms. The van der Waals surface area contributed by atoms with Gasteiger partial charge in [-0.1, -0.05) is 30.3 Å². The molecule has 2 saturated heterocycles. The lowest BCUT2D eigenvalue weighted by Crippen LogP contribution is -2.51. The van der Waals surface area contributed by atoms with Crippen LogP contribution in [0.5, 0.6) is 0 Å². The topological polar surface area (TPSA) is 73.6 Å². The molecule has 2 fully saturated rings. The van der Waals surface area contributed by atoms with Gasteiger partial charge in [0.1, 0.15) is 23.1 Å². The van der Waals surface area contributed by atoms with Crippen LogP contribution in [-0.2, 0) is 9.53 Å². The first-order valence-electron chi connectivity index (χ1n) is 8.77. The van der Waals surface area contributed by atoms with E-state index in [0.29, 0.717) is 17.4 Å². The summed E-state index contributed by atoms with van der Waals surface area (Å²) in [6.45, 7) is 5.43. The summed E-state index contributed by atoms with van der Waals surface area (Å²) in [6, 6.07) is 10.8. The molecule has 0 aromatic heterocycles. The summed E-state index contributed by atoms with van der Waals surface area (Å²) < 4.78 is 5.60. The van der Waals surface area contributed by atoms with Gasteiger partial charge in [0, 0.05) is 11.5 Å². The molecule has 0 aliphatic carbocycles. The Labute approximate surface area is 168 Å². The molecule has 2 heterocycles. The van der Waals surface area contributed by atoms with Crippen molar-refractivity contribution < 1.29 is 14.3 Å². The Balaban J connectivity index is 1.89. The number of nitriles is 1. The molecule has 8 heteroatoms.